The molecule has 0 aromatic heterocycles. The molecule has 0 aromatic rings. The molecule has 2 amide bonds. The predicted molar refractivity (Wildman–Crippen MR) is 52.4 cm³/mol. The van der Waals surface area contributed by atoms with E-state index in [4.69, 9.17) is 11.7 Å². The van der Waals surface area contributed by atoms with E-state index >= 15 is 0 Å². The zero-order valence-electron chi connectivity index (χ0n) is 8.14. The van der Waals surface area contributed by atoms with E-state index in [0.29, 0.717) is 0 Å². The van der Waals surface area contributed by atoms with E-state index in [-0.39, 0.29) is 35.5 Å². The number of rotatable bonds is 2. The topological polar surface area (TPSA) is 110 Å². The van der Waals surface area contributed by atoms with Gasteiger partial charge in [-0.1, -0.05) is 12.2 Å². The van der Waals surface area contributed by atoms with Crippen molar-refractivity contribution in [3.8, 4) is 0 Å². The van der Waals surface area contributed by atoms with Crippen molar-refractivity contribution in [2.24, 2.45) is 35.4 Å². The van der Waals surface area contributed by atoms with Crippen molar-refractivity contribution < 1.29 is 9.59 Å². The molecule has 0 heterocycles. The Balaban J connectivity index is 2.24. The summed E-state index contributed by atoms with van der Waals surface area (Å²) in [6.07, 6.45) is 4.78. The standard InChI is InChI=1S/C9H14N4O2/c10-12-8(14)6-4-1-2-5(3-4)7(6)9(15)13-11/h1-2,4-7H,3,10-11H2,(H,12,14)(H,13,15)/t4-,5-,6+,7+/m1/s1. The molecular weight excluding hydrogens is 196 g/mol. The lowest BCUT2D eigenvalue weighted by atomic mass is 9.82. The number of fused-ring (bicyclic) bond motifs is 2. The highest BCUT2D eigenvalue weighted by Crippen LogP contribution is 2.47. The van der Waals surface area contributed by atoms with Gasteiger partial charge in [-0.2, -0.15) is 0 Å². The fourth-order valence-electron chi connectivity index (χ4n) is 2.73. The van der Waals surface area contributed by atoms with Gasteiger partial charge in [-0.15, -0.1) is 0 Å². The second-order valence-corrected chi connectivity index (χ2v) is 4.02. The molecule has 2 aliphatic rings. The molecule has 6 heteroatoms. The fraction of sp³-hybridized carbons (Fsp3) is 0.556. The van der Waals surface area contributed by atoms with Crippen LogP contribution in [0.15, 0.2) is 12.2 Å². The summed E-state index contributed by atoms with van der Waals surface area (Å²) in [7, 11) is 0. The first kappa shape index (κ1) is 10.1. The second-order valence-electron chi connectivity index (χ2n) is 4.02. The summed E-state index contributed by atoms with van der Waals surface area (Å²) in [6.45, 7) is 0. The van der Waals surface area contributed by atoms with Gasteiger partial charge in [0.1, 0.15) is 0 Å². The van der Waals surface area contributed by atoms with Gasteiger partial charge >= 0.3 is 0 Å². The third kappa shape index (κ3) is 1.42. The maximum absolute atomic E-state index is 11.5. The number of amides is 2. The van der Waals surface area contributed by atoms with Gasteiger partial charge in [-0.25, -0.2) is 11.7 Å². The van der Waals surface area contributed by atoms with Crippen LogP contribution in [0.1, 0.15) is 6.42 Å². The van der Waals surface area contributed by atoms with E-state index in [1.165, 1.54) is 0 Å². The number of carbonyl (C=O) groups is 2. The van der Waals surface area contributed by atoms with Crippen LogP contribution in [-0.2, 0) is 9.59 Å². The molecule has 2 aliphatic carbocycles. The summed E-state index contributed by atoms with van der Waals surface area (Å²) < 4.78 is 0. The highest BCUT2D eigenvalue weighted by atomic mass is 16.2. The molecule has 82 valence electrons. The van der Waals surface area contributed by atoms with Gasteiger partial charge in [0.15, 0.2) is 0 Å². The third-order valence-electron chi connectivity index (χ3n) is 3.35. The van der Waals surface area contributed by atoms with E-state index in [0.717, 1.165) is 6.42 Å². The molecule has 1 fully saturated rings. The Morgan fingerprint density at radius 2 is 1.40 bits per heavy atom. The van der Waals surface area contributed by atoms with Gasteiger partial charge in [0, 0.05) is 0 Å². The monoisotopic (exact) mass is 210 g/mol. The van der Waals surface area contributed by atoms with Crippen LogP contribution in [0.3, 0.4) is 0 Å². The molecule has 2 bridgehead atoms. The van der Waals surface area contributed by atoms with Gasteiger partial charge in [0.05, 0.1) is 11.8 Å². The molecule has 4 atom stereocenters. The van der Waals surface area contributed by atoms with E-state index in [1.807, 2.05) is 12.2 Å². The minimum atomic E-state index is -0.381. The third-order valence-corrected chi connectivity index (χ3v) is 3.35. The van der Waals surface area contributed by atoms with Crippen molar-refractivity contribution in [1.82, 2.24) is 10.9 Å². The SMILES string of the molecule is NNC(=O)[C@@H]1[C@@H](C(=O)NN)[C@@H]2C=C[C@@H]1C2. The van der Waals surface area contributed by atoms with Crippen molar-refractivity contribution >= 4 is 11.8 Å². The lowest BCUT2D eigenvalue weighted by Crippen LogP contribution is -2.47. The molecule has 0 unspecified atom stereocenters. The van der Waals surface area contributed by atoms with Gasteiger partial charge in [0.2, 0.25) is 11.8 Å². The molecule has 1 saturated carbocycles. The first-order valence-electron chi connectivity index (χ1n) is 4.88. The predicted octanol–water partition coefficient (Wildman–Crippen LogP) is -1.60. The van der Waals surface area contributed by atoms with Crippen molar-refractivity contribution in [2.45, 2.75) is 6.42 Å². The highest BCUT2D eigenvalue weighted by molar-refractivity contribution is 5.89. The summed E-state index contributed by atoms with van der Waals surface area (Å²) in [5.74, 6) is 9.08. The molecule has 6 nitrogen and oxygen atoms in total. The minimum Gasteiger partial charge on any atom is -0.294 e. The number of hydrogen-bond acceptors (Lipinski definition) is 4. The zero-order chi connectivity index (χ0) is 11.0. The molecule has 0 radical (unpaired) electrons. The average molecular weight is 210 g/mol. The van der Waals surface area contributed by atoms with Crippen molar-refractivity contribution in [2.75, 3.05) is 0 Å². The largest absolute Gasteiger partial charge is 0.294 e. The van der Waals surface area contributed by atoms with Crippen LogP contribution in [0.4, 0.5) is 0 Å². The Morgan fingerprint density at radius 1 is 1.00 bits per heavy atom. The van der Waals surface area contributed by atoms with Crippen LogP contribution in [-0.4, -0.2) is 11.8 Å². The maximum Gasteiger partial charge on any atom is 0.238 e. The van der Waals surface area contributed by atoms with Crippen LogP contribution < -0.4 is 22.5 Å². The number of nitrogens with one attached hydrogen (secondary N) is 2. The minimum absolute atomic E-state index is 0.112. The van der Waals surface area contributed by atoms with Crippen LogP contribution in [0.5, 0.6) is 0 Å². The van der Waals surface area contributed by atoms with Crippen molar-refractivity contribution in [3.05, 3.63) is 12.2 Å². The first-order valence-corrected chi connectivity index (χ1v) is 4.88. The van der Waals surface area contributed by atoms with E-state index in [1.54, 1.807) is 0 Å². The van der Waals surface area contributed by atoms with E-state index in [9.17, 15) is 9.59 Å². The summed E-state index contributed by atoms with van der Waals surface area (Å²) >= 11 is 0. The molecule has 0 spiro atoms. The Hall–Kier alpha value is -1.40. The van der Waals surface area contributed by atoms with Crippen molar-refractivity contribution in [3.63, 3.8) is 0 Å². The zero-order valence-corrected chi connectivity index (χ0v) is 8.14. The van der Waals surface area contributed by atoms with Crippen LogP contribution >= 0.6 is 0 Å². The van der Waals surface area contributed by atoms with E-state index in [2.05, 4.69) is 10.9 Å². The van der Waals surface area contributed by atoms with Crippen LogP contribution in [0.2, 0.25) is 0 Å². The van der Waals surface area contributed by atoms with Crippen LogP contribution in [0, 0.1) is 23.7 Å². The highest BCUT2D eigenvalue weighted by Gasteiger charge is 2.51. The fourth-order valence-corrected chi connectivity index (χ4v) is 2.73. The number of nitrogens with two attached hydrogens (primary N) is 2. The Labute approximate surface area is 87.0 Å². The van der Waals surface area contributed by atoms with Crippen molar-refractivity contribution in [1.29, 1.82) is 0 Å². The van der Waals surface area contributed by atoms with Gasteiger partial charge in [-0.05, 0) is 18.3 Å². The normalized spacial score (nSPS) is 36.7. The smallest absolute Gasteiger partial charge is 0.238 e. The molecule has 15 heavy (non-hydrogen) atoms. The molecule has 2 rings (SSSR count). The molecular formula is C9H14N4O2. The number of allylic oxidation sites excluding steroid dienone is 2. The summed E-state index contributed by atoms with van der Waals surface area (Å²) in [4.78, 5) is 23.1. The number of hydrazine groups is 2. The lowest BCUT2D eigenvalue weighted by molar-refractivity contribution is -0.135. The average Bonchev–Trinajstić information content (AvgIpc) is 2.86. The summed E-state index contributed by atoms with van der Waals surface area (Å²) in [5, 5.41) is 0. The van der Waals surface area contributed by atoms with Gasteiger partial charge in [0.25, 0.3) is 0 Å². The number of carbonyl (C=O) groups excluding carboxylic acids is 2. The van der Waals surface area contributed by atoms with E-state index < -0.39 is 0 Å². The quantitative estimate of drug-likeness (QED) is 0.190. The molecule has 0 aromatic carbocycles. The van der Waals surface area contributed by atoms with Gasteiger partial charge in [-0.3, -0.25) is 20.4 Å². The second kappa shape index (κ2) is 3.63. The van der Waals surface area contributed by atoms with Gasteiger partial charge < -0.3 is 0 Å². The summed E-state index contributed by atoms with van der Waals surface area (Å²) in [5.41, 5.74) is 4.21. The summed E-state index contributed by atoms with van der Waals surface area (Å²) in [6, 6.07) is 0. The molecule has 6 N–H and O–H groups in total. The Kier molecular flexibility index (Phi) is 2.45. The van der Waals surface area contributed by atoms with Crippen LogP contribution in [0.25, 0.3) is 0 Å². The number of hydrogen-bond donors (Lipinski definition) is 4. The lowest BCUT2D eigenvalue weighted by Gasteiger charge is -2.24. The molecule has 0 aliphatic heterocycles. The first-order chi connectivity index (χ1) is 7.19. The maximum atomic E-state index is 11.5. The Morgan fingerprint density at radius 3 is 1.73 bits per heavy atom. The molecule has 0 saturated heterocycles. The Bertz CT molecular complexity index is 298.